The van der Waals surface area contributed by atoms with Crippen LogP contribution in [0.15, 0.2) is 36.7 Å². The van der Waals surface area contributed by atoms with Gasteiger partial charge in [0.05, 0.1) is 5.56 Å². The molecule has 86 valence electrons. The Hall–Kier alpha value is -2.03. The van der Waals surface area contributed by atoms with E-state index in [-0.39, 0.29) is 0 Å². The average molecular weight is 227 g/mol. The number of carboxylic acids is 1. The Bertz CT molecular complexity index is 550. The molecule has 1 saturated carbocycles. The second kappa shape index (κ2) is 3.77. The van der Waals surface area contributed by atoms with Gasteiger partial charge >= 0.3 is 5.97 Å². The summed E-state index contributed by atoms with van der Waals surface area (Å²) in [6.07, 6.45) is 5.82. The van der Waals surface area contributed by atoms with Crippen LogP contribution < -0.4 is 0 Å². The maximum Gasteiger partial charge on any atom is 0.337 e. The summed E-state index contributed by atoms with van der Waals surface area (Å²) in [6.45, 7) is 0. The van der Waals surface area contributed by atoms with E-state index in [1.807, 2.05) is 12.1 Å². The fraction of sp³-hybridized carbons (Fsp3) is 0.214. The highest BCUT2D eigenvalue weighted by molar-refractivity contribution is 5.95. The summed E-state index contributed by atoms with van der Waals surface area (Å²) >= 11 is 0. The zero-order chi connectivity index (χ0) is 11.8. The van der Waals surface area contributed by atoms with E-state index >= 15 is 0 Å². The number of aromatic nitrogens is 1. The molecular formula is C14H13NO2. The van der Waals surface area contributed by atoms with Gasteiger partial charge in [-0.25, -0.2) is 4.79 Å². The molecule has 0 radical (unpaired) electrons. The fourth-order valence-corrected chi connectivity index (χ4v) is 2.13. The average Bonchev–Trinajstić information content (AvgIpc) is 3.06. The van der Waals surface area contributed by atoms with E-state index in [0.29, 0.717) is 5.56 Å². The lowest BCUT2D eigenvalue weighted by atomic mass is 10.0. The largest absolute Gasteiger partial charge is 0.478 e. The van der Waals surface area contributed by atoms with E-state index in [0.717, 1.165) is 17.0 Å². The molecule has 17 heavy (non-hydrogen) atoms. The number of hydrogen-bond acceptors (Lipinski definition) is 1. The van der Waals surface area contributed by atoms with Crippen molar-refractivity contribution in [2.24, 2.45) is 0 Å². The summed E-state index contributed by atoms with van der Waals surface area (Å²) in [7, 11) is 0. The minimum atomic E-state index is -0.896. The smallest absolute Gasteiger partial charge is 0.337 e. The van der Waals surface area contributed by atoms with Crippen LogP contribution in [-0.4, -0.2) is 16.1 Å². The summed E-state index contributed by atoms with van der Waals surface area (Å²) in [6, 6.07) is 8.21. The number of hydrogen-bond donors (Lipinski definition) is 2. The van der Waals surface area contributed by atoms with Crippen LogP contribution in [-0.2, 0) is 0 Å². The first kappa shape index (κ1) is 10.1. The van der Waals surface area contributed by atoms with Crippen molar-refractivity contribution in [3.63, 3.8) is 0 Å². The van der Waals surface area contributed by atoms with Crippen molar-refractivity contribution >= 4 is 5.97 Å². The Morgan fingerprint density at radius 3 is 2.47 bits per heavy atom. The van der Waals surface area contributed by atoms with E-state index in [9.17, 15) is 4.79 Å². The van der Waals surface area contributed by atoms with E-state index in [1.54, 1.807) is 6.20 Å². The SMILES string of the molecule is O=C(O)c1c[nH]cc1-c1ccc(C2CC2)cc1. The molecule has 0 atom stereocenters. The third-order valence-corrected chi connectivity index (χ3v) is 3.25. The third-order valence-electron chi connectivity index (χ3n) is 3.25. The van der Waals surface area contributed by atoms with Crippen LogP contribution in [0.2, 0.25) is 0 Å². The maximum atomic E-state index is 11.0. The van der Waals surface area contributed by atoms with Crippen LogP contribution in [0.4, 0.5) is 0 Å². The molecule has 2 aromatic rings. The minimum Gasteiger partial charge on any atom is -0.478 e. The number of benzene rings is 1. The minimum absolute atomic E-state index is 0.323. The molecule has 0 bridgehead atoms. The predicted molar refractivity (Wildman–Crippen MR) is 65.2 cm³/mol. The molecule has 0 aliphatic heterocycles. The van der Waals surface area contributed by atoms with Gasteiger partial charge in [0.25, 0.3) is 0 Å². The van der Waals surface area contributed by atoms with Crippen molar-refractivity contribution in [1.82, 2.24) is 4.98 Å². The number of nitrogens with one attached hydrogen (secondary N) is 1. The first-order valence-electron chi connectivity index (χ1n) is 5.76. The molecule has 2 N–H and O–H groups in total. The van der Waals surface area contributed by atoms with Crippen LogP contribution >= 0.6 is 0 Å². The van der Waals surface area contributed by atoms with Gasteiger partial charge in [0.2, 0.25) is 0 Å². The Morgan fingerprint density at radius 2 is 1.88 bits per heavy atom. The van der Waals surface area contributed by atoms with Crippen LogP contribution in [0.5, 0.6) is 0 Å². The van der Waals surface area contributed by atoms with E-state index in [1.165, 1.54) is 24.6 Å². The second-order valence-electron chi connectivity index (χ2n) is 4.48. The van der Waals surface area contributed by atoms with Gasteiger partial charge in [-0.15, -0.1) is 0 Å². The van der Waals surface area contributed by atoms with Crippen molar-refractivity contribution in [1.29, 1.82) is 0 Å². The number of carbonyl (C=O) groups is 1. The lowest BCUT2D eigenvalue weighted by Crippen LogP contribution is -1.95. The van der Waals surface area contributed by atoms with Gasteiger partial charge in [-0.05, 0) is 29.9 Å². The van der Waals surface area contributed by atoms with Gasteiger partial charge in [-0.3, -0.25) is 0 Å². The Labute approximate surface area is 99.1 Å². The molecule has 1 aromatic heterocycles. The molecule has 3 heteroatoms. The normalized spacial score (nSPS) is 14.8. The van der Waals surface area contributed by atoms with Crippen LogP contribution in [0.25, 0.3) is 11.1 Å². The molecule has 1 fully saturated rings. The zero-order valence-electron chi connectivity index (χ0n) is 9.31. The molecule has 1 aromatic carbocycles. The summed E-state index contributed by atoms with van der Waals surface area (Å²) < 4.78 is 0. The molecule has 0 unspecified atom stereocenters. The van der Waals surface area contributed by atoms with E-state index in [4.69, 9.17) is 5.11 Å². The molecule has 1 aliphatic rings. The Morgan fingerprint density at radius 1 is 1.18 bits per heavy atom. The maximum absolute atomic E-state index is 11.0. The molecule has 0 saturated heterocycles. The molecule has 1 heterocycles. The zero-order valence-corrected chi connectivity index (χ0v) is 9.31. The van der Waals surface area contributed by atoms with Crippen molar-refractivity contribution in [2.75, 3.05) is 0 Å². The summed E-state index contributed by atoms with van der Waals surface area (Å²) in [4.78, 5) is 13.9. The number of aromatic amines is 1. The van der Waals surface area contributed by atoms with Crippen molar-refractivity contribution in [2.45, 2.75) is 18.8 Å². The quantitative estimate of drug-likeness (QED) is 0.845. The van der Waals surface area contributed by atoms with Crippen LogP contribution in [0, 0.1) is 0 Å². The van der Waals surface area contributed by atoms with Crippen molar-refractivity contribution in [3.8, 4) is 11.1 Å². The standard InChI is InChI=1S/C14H13NO2/c16-14(17)13-8-15-7-12(13)11-5-3-10(4-6-11)9-1-2-9/h3-9,15H,1-2H2,(H,16,17). The van der Waals surface area contributed by atoms with Crippen molar-refractivity contribution in [3.05, 3.63) is 47.8 Å². The number of aromatic carboxylic acids is 1. The highest BCUT2D eigenvalue weighted by Gasteiger charge is 2.23. The molecule has 3 rings (SSSR count). The van der Waals surface area contributed by atoms with Gasteiger partial charge in [0.1, 0.15) is 0 Å². The molecule has 1 aliphatic carbocycles. The molecule has 0 spiro atoms. The second-order valence-corrected chi connectivity index (χ2v) is 4.48. The summed E-state index contributed by atoms with van der Waals surface area (Å²) in [5, 5.41) is 9.05. The summed E-state index contributed by atoms with van der Waals surface area (Å²) in [5.74, 6) is -0.165. The van der Waals surface area contributed by atoms with Gasteiger partial charge in [-0.2, -0.15) is 0 Å². The van der Waals surface area contributed by atoms with Gasteiger partial charge < -0.3 is 10.1 Å². The first-order valence-corrected chi connectivity index (χ1v) is 5.76. The summed E-state index contributed by atoms with van der Waals surface area (Å²) in [5.41, 5.74) is 3.39. The van der Waals surface area contributed by atoms with Crippen molar-refractivity contribution < 1.29 is 9.90 Å². The topological polar surface area (TPSA) is 53.1 Å². The highest BCUT2D eigenvalue weighted by Crippen LogP contribution is 2.40. The van der Waals surface area contributed by atoms with Gasteiger partial charge in [-0.1, -0.05) is 24.3 Å². The first-order chi connectivity index (χ1) is 8.25. The number of rotatable bonds is 3. The lowest BCUT2D eigenvalue weighted by molar-refractivity contribution is 0.0698. The number of H-pyrrole nitrogens is 1. The number of carboxylic acid groups (broad SMARTS) is 1. The van der Waals surface area contributed by atoms with E-state index in [2.05, 4.69) is 17.1 Å². The molecular weight excluding hydrogens is 214 g/mol. The predicted octanol–water partition coefficient (Wildman–Crippen LogP) is 3.26. The lowest BCUT2D eigenvalue weighted by Gasteiger charge is -2.02. The highest BCUT2D eigenvalue weighted by atomic mass is 16.4. The van der Waals surface area contributed by atoms with Crippen LogP contribution in [0.1, 0.15) is 34.7 Å². The monoisotopic (exact) mass is 227 g/mol. The molecule has 3 nitrogen and oxygen atoms in total. The molecule has 0 amide bonds. The van der Waals surface area contributed by atoms with E-state index < -0.39 is 5.97 Å². The van der Waals surface area contributed by atoms with Gasteiger partial charge in [0.15, 0.2) is 0 Å². The third kappa shape index (κ3) is 1.84. The van der Waals surface area contributed by atoms with Crippen LogP contribution in [0.3, 0.4) is 0 Å². The van der Waals surface area contributed by atoms with Gasteiger partial charge in [0, 0.05) is 18.0 Å². The Kier molecular flexibility index (Phi) is 2.25. The fourth-order valence-electron chi connectivity index (χ4n) is 2.13. The Balaban J connectivity index is 1.97.